The first-order valence-corrected chi connectivity index (χ1v) is 10.8. The fraction of sp³-hybridized carbons (Fsp3) is 0.550. The van der Waals surface area contributed by atoms with Crippen LogP contribution in [0.5, 0.6) is 0 Å². The lowest BCUT2D eigenvalue weighted by Gasteiger charge is -2.24. The van der Waals surface area contributed by atoms with Gasteiger partial charge in [0.15, 0.2) is 0 Å². The minimum Gasteiger partial charge on any atom is -0.481 e. The number of hydrogen-bond acceptors (Lipinski definition) is 8. The average Bonchev–Trinajstić information content (AvgIpc) is 3.49. The van der Waals surface area contributed by atoms with Crippen LogP contribution in [0, 0.1) is 0 Å². The Morgan fingerprint density at radius 2 is 1.66 bits per heavy atom. The summed E-state index contributed by atoms with van der Waals surface area (Å²) in [7, 11) is 0. The monoisotopic (exact) mass is 496 g/mol. The molecular formula is C20H28N6O9. The highest BCUT2D eigenvalue weighted by molar-refractivity contribution is 5.95. The van der Waals surface area contributed by atoms with Crippen molar-refractivity contribution < 1.29 is 44.1 Å². The minimum atomic E-state index is -1.54. The van der Waals surface area contributed by atoms with Crippen LogP contribution in [0.1, 0.15) is 37.8 Å². The van der Waals surface area contributed by atoms with Gasteiger partial charge in [-0.3, -0.25) is 24.0 Å². The number of hydrogen-bond donors (Lipinski definition) is 8. The maximum absolute atomic E-state index is 12.8. The molecular weight excluding hydrogens is 468 g/mol. The summed E-state index contributed by atoms with van der Waals surface area (Å²) in [5.41, 5.74) is 0.411. The Morgan fingerprint density at radius 1 is 0.971 bits per heavy atom. The highest BCUT2D eigenvalue weighted by atomic mass is 16.4. The van der Waals surface area contributed by atoms with E-state index in [9.17, 15) is 33.9 Å². The van der Waals surface area contributed by atoms with Crippen molar-refractivity contribution >= 4 is 35.6 Å². The molecule has 0 aromatic carbocycles. The fourth-order valence-corrected chi connectivity index (χ4v) is 3.46. The molecule has 15 nitrogen and oxygen atoms in total. The topological polar surface area (TPSA) is 240 Å². The van der Waals surface area contributed by atoms with Gasteiger partial charge in [-0.05, 0) is 25.8 Å². The third kappa shape index (κ3) is 9.04. The number of carbonyl (C=O) groups is 6. The summed E-state index contributed by atoms with van der Waals surface area (Å²) >= 11 is 0. The zero-order chi connectivity index (χ0) is 26.0. The first kappa shape index (κ1) is 27.2. The van der Waals surface area contributed by atoms with Crippen LogP contribution in [0.2, 0.25) is 0 Å². The third-order valence-corrected chi connectivity index (χ3v) is 5.26. The Labute approximate surface area is 199 Å². The first-order chi connectivity index (χ1) is 16.6. The number of carbonyl (C=O) groups excluding carboxylic acids is 3. The number of carboxylic acids is 3. The molecule has 2 heterocycles. The maximum Gasteiger partial charge on any atom is 0.326 e. The van der Waals surface area contributed by atoms with Gasteiger partial charge in [-0.1, -0.05) is 0 Å². The van der Waals surface area contributed by atoms with Crippen LogP contribution in [-0.4, -0.2) is 91.6 Å². The quantitative estimate of drug-likeness (QED) is 0.135. The van der Waals surface area contributed by atoms with Crippen molar-refractivity contribution in [1.82, 2.24) is 31.2 Å². The lowest BCUT2D eigenvalue weighted by molar-refractivity contribution is -0.143. The zero-order valence-electron chi connectivity index (χ0n) is 18.7. The van der Waals surface area contributed by atoms with Crippen molar-refractivity contribution in [2.24, 2.45) is 0 Å². The summed E-state index contributed by atoms with van der Waals surface area (Å²) in [4.78, 5) is 78.3. The molecule has 0 bridgehead atoms. The van der Waals surface area contributed by atoms with Gasteiger partial charge in [0.2, 0.25) is 17.7 Å². The number of aromatic amines is 1. The Morgan fingerprint density at radius 3 is 2.20 bits per heavy atom. The molecule has 1 aromatic heterocycles. The van der Waals surface area contributed by atoms with Crippen LogP contribution in [0.4, 0.5) is 0 Å². The second-order valence-electron chi connectivity index (χ2n) is 7.98. The molecule has 1 aliphatic rings. The van der Waals surface area contributed by atoms with Gasteiger partial charge in [-0.15, -0.1) is 0 Å². The first-order valence-electron chi connectivity index (χ1n) is 10.8. The molecule has 4 unspecified atom stereocenters. The predicted molar refractivity (Wildman–Crippen MR) is 116 cm³/mol. The normalized spacial score (nSPS) is 17.5. The van der Waals surface area contributed by atoms with Gasteiger partial charge in [0.05, 0.1) is 18.8 Å². The van der Waals surface area contributed by atoms with E-state index in [1.807, 2.05) is 0 Å². The lowest BCUT2D eigenvalue weighted by atomic mass is 10.1. The number of H-pyrrole nitrogens is 1. The SMILES string of the molecule is O=C(O)CCC(NC(=O)C(CC(=O)O)NC(=O)C1CCCN1)C(=O)NC(Cc1cnc[nH]1)C(=O)O. The number of imidazole rings is 1. The third-order valence-electron chi connectivity index (χ3n) is 5.26. The van der Waals surface area contributed by atoms with E-state index in [1.54, 1.807) is 0 Å². The Hall–Kier alpha value is -4.01. The molecule has 1 saturated heterocycles. The fourth-order valence-electron chi connectivity index (χ4n) is 3.46. The van der Waals surface area contributed by atoms with E-state index in [-0.39, 0.29) is 6.42 Å². The van der Waals surface area contributed by atoms with Gasteiger partial charge in [-0.25, -0.2) is 9.78 Å². The molecule has 1 fully saturated rings. The van der Waals surface area contributed by atoms with E-state index in [0.717, 1.165) is 6.42 Å². The second-order valence-corrected chi connectivity index (χ2v) is 7.98. The summed E-state index contributed by atoms with van der Waals surface area (Å²) in [6, 6.07) is -5.05. The molecule has 0 spiro atoms. The molecule has 1 aromatic rings. The molecule has 0 radical (unpaired) electrons. The number of nitrogens with zero attached hydrogens (tertiary/aromatic N) is 1. The van der Waals surface area contributed by atoms with E-state index < -0.39 is 79.1 Å². The Balaban J connectivity index is 2.12. The van der Waals surface area contributed by atoms with Crippen molar-refractivity contribution in [2.75, 3.05) is 6.54 Å². The highest BCUT2D eigenvalue weighted by Gasteiger charge is 2.32. The van der Waals surface area contributed by atoms with E-state index in [4.69, 9.17) is 10.2 Å². The molecule has 8 N–H and O–H groups in total. The number of nitrogens with one attached hydrogen (secondary N) is 5. The largest absolute Gasteiger partial charge is 0.481 e. The van der Waals surface area contributed by atoms with Gasteiger partial charge in [0.1, 0.15) is 18.1 Å². The van der Waals surface area contributed by atoms with E-state index in [2.05, 4.69) is 31.2 Å². The summed E-state index contributed by atoms with van der Waals surface area (Å²) in [5, 5.41) is 37.3. The van der Waals surface area contributed by atoms with Crippen LogP contribution < -0.4 is 21.3 Å². The molecule has 15 heteroatoms. The van der Waals surface area contributed by atoms with E-state index in [0.29, 0.717) is 18.7 Å². The number of amides is 3. The lowest BCUT2D eigenvalue weighted by Crippen LogP contribution is -2.57. The number of aliphatic carboxylic acids is 3. The van der Waals surface area contributed by atoms with Crippen molar-refractivity contribution in [2.45, 2.75) is 62.7 Å². The predicted octanol–water partition coefficient (Wildman–Crippen LogP) is -2.42. The zero-order valence-corrected chi connectivity index (χ0v) is 18.7. The molecule has 3 amide bonds. The average molecular weight is 496 g/mol. The van der Waals surface area contributed by atoms with Gasteiger partial charge >= 0.3 is 17.9 Å². The van der Waals surface area contributed by atoms with Gasteiger partial charge in [0.25, 0.3) is 0 Å². The van der Waals surface area contributed by atoms with Crippen LogP contribution in [0.25, 0.3) is 0 Å². The molecule has 2 rings (SSSR count). The standard InChI is InChI=1S/C20H28N6O9/c27-15(28)4-3-12(18(32)26-14(20(34)35)6-10-8-21-9-23-10)24-19(33)13(7-16(29)30)25-17(31)11-2-1-5-22-11/h8-9,11-14,22H,1-7H2,(H,21,23)(H,24,33)(H,25,31)(H,26,32)(H,27,28)(H,29,30)(H,34,35). The summed E-state index contributed by atoms with van der Waals surface area (Å²) < 4.78 is 0. The molecule has 35 heavy (non-hydrogen) atoms. The summed E-state index contributed by atoms with van der Waals surface area (Å²) in [5.74, 6) is -6.62. The van der Waals surface area contributed by atoms with Gasteiger partial charge < -0.3 is 41.6 Å². The minimum absolute atomic E-state index is 0.160. The van der Waals surface area contributed by atoms with Crippen LogP contribution >= 0.6 is 0 Å². The second kappa shape index (κ2) is 13.0. The molecule has 4 atom stereocenters. The molecule has 0 aliphatic carbocycles. The van der Waals surface area contributed by atoms with Crippen LogP contribution in [-0.2, 0) is 35.2 Å². The van der Waals surface area contributed by atoms with E-state index in [1.165, 1.54) is 12.5 Å². The summed E-state index contributed by atoms with van der Waals surface area (Å²) in [6.45, 7) is 0.592. The smallest absolute Gasteiger partial charge is 0.326 e. The molecule has 192 valence electrons. The van der Waals surface area contributed by atoms with Crippen molar-refractivity contribution in [1.29, 1.82) is 0 Å². The van der Waals surface area contributed by atoms with Crippen molar-refractivity contribution in [3.05, 3.63) is 18.2 Å². The number of rotatable bonds is 14. The number of aromatic nitrogens is 2. The number of carboxylic acid groups (broad SMARTS) is 3. The van der Waals surface area contributed by atoms with E-state index >= 15 is 0 Å². The van der Waals surface area contributed by atoms with Gasteiger partial charge in [-0.2, -0.15) is 0 Å². The Bertz CT molecular complexity index is 930. The maximum atomic E-state index is 12.8. The van der Waals surface area contributed by atoms with Crippen LogP contribution in [0.3, 0.4) is 0 Å². The van der Waals surface area contributed by atoms with Gasteiger partial charge in [0, 0.05) is 24.7 Å². The van der Waals surface area contributed by atoms with Crippen molar-refractivity contribution in [3.8, 4) is 0 Å². The molecule has 0 saturated carbocycles. The van der Waals surface area contributed by atoms with Crippen molar-refractivity contribution in [3.63, 3.8) is 0 Å². The Kier molecular flexibility index (Phi) is 10.1. The van der Waals surface area contributed by atoms with Crippen LogP contribution in [0.15, 0.2) is 12.5 Å². The molecule has 1 aliphatic heterocycles. The summed E-state index contributed by atoms with van der Waals surface area (Å²) in [6.07, 6.45) is 2.04. The highest BCUT2D eigenvalue weighted by Crippen LogP contribution is 2.07.